The predicted molar refractivity (Wildman–Crippen MR) is 90.9 cm³/mol. The smallest absolute Gasteiger partial charge is 0.250 e. The molecule has 6 heteroatoms. The third kappa shape index (κ3) is 5.09. The molecule has 2 rings (SSSR count). The zero-order chi connectivity index (χ0) is 15.8. The van der Waals surface area contributed by atoms with Gasteiger partial charge >= 0.3 is 0 Å². The molecule has 1 amide bonds. The van der Waals surface area contributed by atoms with Gasteiger partial charge in [-0.3, -0.25) is 4.79 Å². The number of rotatable bonds is 6. The number of nitrogens with zero attached hydrogens (tertiary/aromatic N) is 1. The summed E-state index contributed by atoms with van der Waals surface area (Å²) in [6, 6.07) is 14.8. The highest BCUT2D eigenvalue weighted by Gasteiger charge is 2.02. The number of nitrogens with one attached hydrogen (secondary N) is 1. The fourth-order valence-corrected chi connectivity index (χ4v) is 2.48. The second-order valence-corrected chi connectivity index (χ2v) is 5.76. The van der Waals surface area contributed by atoms with E-state index in [9.17, 15) is 4.79 Å². The van der Waals surface area contributed by atoms with Gasteiger partial charge in [-0.15, -0.1) is 11.8 Å². The molecule has 2 aromatic rings. The molecular formula is C16H15ClN2O2S. The Morgan fingerprint density at radius 3 is 2.73 bits per heavy atom. The number of para-hydroxylation sites is 1. The fourth-order valence-electron chi connectivity index (χ4n) is 1.66. The van der Waals surface area contributed by atoms with E-state index in [0.717, 1.165) is 10.5 Å². The van der Waals surface area contributed by atoms with E-state index in [-0.39, 0.29) is 11.7 Å². The van der Waals surface area contributed by atoms with E-state index in [2.05, 4.69) is 10.5 Å². The highest BCUT2D eigenvalue weighted by Crippen LogP contribution is 2.20. The van der Waals surface area contributed by atoms with Crippen LogP contribution in [0.1, 0.15) is 5.56 Å². The first-order chi connectivity index (χ1) is 10.7. The van der Waals surface area contributed by atoms with Crippen molar-refractivity contribution in [3.63, 3.8) is 0 Å². The van der Waals surface area contributed by atoms with Gasteiger partial charge in [0.25, 0.3) is 0 Å². The van der Waals surface area contributed by atoms with Gasteiger partial charge < -0.3 is 4.74 Å². The lowest BCUT2D eigenvalue weighted by Gasteiger charge is -2.03. The SMILES string of the molecule is COc1ccccc1C=NNC(=O)CSc1ccc(Cl)cc1. The zero-order valence-electron chi connectivity index (χ0n) is 12.0. The molecule has 0 aliphatic carbocycles. The lowest BCUT2D eigenvalue weighted by molar-refractivity contribution is -0.118. The van der Waals surface area contributed by atoms with Gasteiger partial charge in [0.2, 0.25) is 5.91 Å². The van der Waals surface area contributed by atoms with E-state index in [1.54, 1.807) is 25.5 Å². The number of carbonyl (C=O) groups is 1. The summed E-state index contributed by atoms with van der Waals surface area (Å²) < 4.78 is 5.20. The van der Waals surface area contributed by atoms with Crippen molar-refractivity contribution in [2.75, 3.05) is 12.9 Å². The molecule has 22 heavy (non-hydrogen) atoms. The molecule has 0 bridgehead atoms. The van der Waals surface area contributed by atoms with Crippen LogP contribution in [0.15, 0.2) is 58.5 Å². The maximum Gasteiger partial charge on any atom is 0.250 e. The van der Waals surface area contributed by atoms with Gasteiger partial charge in [-0.1, -0.05) is 23.7 Å². The summed E-state index contributed by atoms with van der Waals surface area (Å²) in [6.45, 7) is 0. The number of hydrazone groups is 1. The highest BCUT2D eigenvalue weighted by atomic mass is 35.5. The van der Waals surface area contributed by atoms with Gasteiger partial charge in [-0.25, -0.2) is 5.43 Å². The van der Waals surface area contributed by atoms with E-state index < -0.39 is 0 Å². The van der Waals surface area contributed by atoms with E-state index in [4.69, 9.17) is 16.3 Å². The summed E-state index contributed by atoms with van der Waals surface area (Å²) in [7, 11) is 1.59. The molecule has 0 spiro atoms. The quantitative estimate of drug-likeness (QED) is 0.499. The first kappa shape index (κ1) is 16.4. The van der Waals surface area contributed by atoms with Crippen LogP contribution in [-0.4, -0.2) is 25.0 Å². The van der Waals surface area contributed by atoms with Gasteiger partial charge in [0.1, 0.15) is 5.75 Å². The Morgan fingerprint density at radius 1 is 1.27 bits per heavy atom. The number of amides is 1. The molecule has 0 unspecified atom stereocenters. The highest BCUT2D eigenvalue weighted by molar-refractivity contribution is 8.00. The Morgan fingerprint density at radius 2 is 2.00 bits per heavy atom. The molecule has 0 atom stereocenters. The van der Waals surface area contributed by atoms with Gasteiger partial charge in [-0.05, 0) is 36.4 Å². The van der Waals surface area contributed by atoms with Crippen LogP contribution in [0.25, 0.3) is 0 Å². The second-order valence-electron chi connectivity index (χ2n) is 4.28. The fraction of sp³-hybridized carbons (Fsp3) is 0.125. The number of carbonyl (C=O) groups excluding carboxylic acids is 1. The first-order valence-electron chi connectivity index (χ1n) is 6.52. The maximum atomic E-state index is 11.7. The summed E-state index contributed by atoms with van der Waals surface area (Å²) >= 11 is 7.23. The lowest BCUT2D eigenvalue weighted by Crippen LogP contribution is -2.19. The van der Waals surface area contributed by atoms with Crippen LogP contribution in [0.5, 0.6) is 5.75 Å². The van der Waals surface area contributed by atoms with E-state index in [1.165, 1.54) is 11.8 Å². The minimum atomic E-state index is -0.175. The summed E-state index contributed by atoms with van der Waals surface area (Å²) in [5.41, 5.74) is 3.29. The molecular weight excluding hydrogens is 320 g/mol. The molecule has 0 heterocycles. The molecule has 0 aromatic heterocycles. The maximum absolute atomic E-state index is 11.7. The Kier molecular flexibility index (Phi) is 6.30. The average Bonchev–Trinajstić information content (AvgIpc) is 2.55. The molecule has 0 fully saturated rings. The molecule has 1 N–H and O–H groups in total. The number of halogens is 1. The number of methoxy groups -OCH3 is 1. The van der Waals surface area contributed by atoms with Crippen molar-refractivity contribution < 1.29 is 9.53 Å². The predicted octanol–water partition coefficient (Wildman–Crippen LogP) is 3.59. The number of hydrogen-bond donors (Lipinski definition) is 1. The summed E-state index contributed by atoms with van der Waals surface area (Å²) in [5, 5.41) is 4.61. The minimum Gasteiger partial charge on any atom is -0.496 e. The normalized spacial score (nSPS) is 10.6. The standard InChI is InChI=1S/C16H15ClN2O2S/c1-21-15-5-3-2-4-12(15)10-18-19-16(20)11-22-14-8-6-13(17)7-9-14/h2-10H,11H2,1H3,(H,19,20). The first-order valence-corrected chi connectivity index (χ1v) is 7.88. The number of thioether (sulfide) groups is 1. The third-order valence-electron chi connectivity index (χ3n) is 2.72. The molecule has 0 radical (unpaired) electrons. The summed E-state index contributed by atoms with van der Waals surface area (Å²) in [4.78, 5) is 12.7. The van der Waals surface area contributed by atoms with Crippen LogP contribution >= 0.6 is 23.4 Å². The topological polar surface area (TPSA) is 50.7 Å². The molecule has 114 valence electrons. The van der Waals surface area contributed by atoms with Crippen molar-refractivity contribution in [3.8, 4) is 5.75 Å². The number of benzene rings is 2. The number of ether oxygens (including phenoxy) is 1. The van der Waals surface area contributed by atoms with Gasteiger partial charge in [-0.2, -0.15) is 5.10 Å². The third-order valence-corrected chi connectivity index (χ3v) is 3.98. The molecule has 4 nitrogen and oxygen atoms in total. The molecule has 0 aliphatic heterocycles. The summed E-state index contributed by atoms with van der Waals surface area (Å²) in [6.07, 6.45) is 1.56. The average molecular weight is 335 g/mol. The van der Waals surface area contributed by atoms with Crippen LogP contribution < -0.4 is 10.2 Å². The van der Waals surface area contributed by atoms with Crippen LogP contribution in [0.3, 0.4) is 0 Å². The monoisotopic (exact) mass is 334 g/mol. The van der Waals surface area contributed by atoms with E-state index in [1.807, 2.05) is 36.4 Å². The Labute approximate surface area is 138 Å². The van der Waals surface area contributed by atoms with Crippen molar-refractivity contribution in [1.29, 1.82) is 0 Å². The molecule has 0 saturated heterocycles. The Bertz CT molecular complexity index is 659. The van der Waals surface area contributed by atoms with E-state index >= 15 is 0 Å². The molecule has 0 aliphatic rings. The van der Waals surface area contributed by atoms with E-state index in [0.29, 0.717) is 10.8 Å². The lowest BCUT2D eigenvalue weighted by atomic mass is 10.2. The second kappa shape index (κ2) is 8.46. The van der Waals surface area contributed by atoms with Crippen LogP contribution in [-0.2, 0) is 4.79 Å². The van der Waals surface area contributed by atoms with Crippen molar-refractivity contribution in [1.82, 2.24) is 5.43 Å². The zero-order valence-corrected chi connectivity index (χ0v) is 13.5. The van der Waals surface area contributed by atoms with Crippen molar-refractivity contribution >= 4 is 35.5 Å². The summed E-state index contributed by atoms with van der Waals surface area (Å²) in [5.74, 6) is 0.812. The van der Waals surface area contributed by atoms with Gasteiger partial charge in [0.05, 0.1) is 19.1 Å². The van der Waals surface area contributed by atoms with Crippen LogP contribution in [0.2, 0.25) is 5.02 Å². The number of hydrogen-bond acceptors (Lipinski definition) is 4. The van der Waals surface area contributed by atoms with Gasteiger partial charge in [0.15, 0.2) is 0 Å². The van der Waals surface area contributed by atoms with Crippen LogP contribution in [0.4, 0.5) is 0 Å². The van der Waals surface area contributed by atoms with Crippen molar-refractivity contribution in [2.24, 2.45) is 5.10 Å². The molecule has 0 saturated carbocycles. The molecule has 2 aromatic carbocycles. The Hall–Kier alpha value is -1.98. The van der Waals surface area contributed by atoms with Gasteiger partial charge in [0, 0.05) is 15.5 Å². The largest absolute Gasteiger partial charge is 0.496 e. The Balaban J connectivity index is 1.82. The van der Waals surface area contributed by atoms with Crippen molar-refractivity contribution in [3.05, 3.63) is 59.1 Å². The van der Waals surface area contributed by atoms with Crippen molar-refractivity contribution in [2.45, 2.75) is 4.90 Å². The van der Waals surface area contributed by atoms with Crippen LogP contribution in [0, 0.1) is 0 Å². The minimum absolute atomic E-state index is 0.175.